The Balaban J connectivity index is 0.000000265. The first kappa shape index (κ1) is 13.6. The van der Waals surface area contributed by atoms with Gasteiger partial charge in [0.05, 0.1) is 0 Å². The first-order valence-corrected chi connectivity index (χ1v) is 8.00. The van der Waals surface area contributed by atoms with Crippen LogP contribution in [0.5, 0.6) is 0 Å². The van der Waals surface area contributed by atoms with Crippen molar-refractivity contribution in [3.8, 4) is 0 Å². The second kappa shape index (κ2) is 7.97. The summed E-state index contributed by atoms with van der Waals surface area (Å²) in [6.07, 6.45) is 8.19. The normalized spacial score (nSPS) is 11.8. The van der Waals surface area contributed by atoms with Gasteiger partial charge in [-0.3, -0.25) is 0 Å². The molecule has 0 fully saturated rings. The Morgan fingerprint density at radius 3 is 2.07 bits per heavy atom. The van der Waals surface area contributed by atoms with Crippen LogP contribution in [-0.2, 0) is 29.8 Å². The molecule has 1 aliphatic rings. The number of hydrogen-bond donors (Lipinski definition) is 0. The van der Waals surface area contributed by atoms with Crippen molar-refractivity contribution in [3.05, 3.63) is 36.0 Å². The van der Waals surface area contributed by atoms with Crippen molar-refractivity contribution in [1.82, 2.24) is 0 Å². The third-order valence-electron chi connectivity index (χ3n) is 1.46. The van der Waals surface area contributed by atoms with E-state index >= 15 is 0 Å². The topological polar surface area (TPSA) is 51.2 Å². The molecule has 1 rings (SSSR count). The summed E-state index contributed by atoms with van der Waals surface area (Å²) in [5, 5.41) is 0. The molecule has 0 saturated heterocycles. The van der Waals surface area contributed by atoms with Gasteiger partial charge >= 0.3 is 42.8 Å². The van der Waals surface area contributed by atoms with E-state index in [0.29, 0.717) is 0 Å². The van der Waals surface area contributed by atoms with Crippen LogP contribution in [0.25, 0.3) is 0 Å². The average Bonchev–Trinajstić information content (AvgIpc) is 2.68. The van der Waals surface area contributed by atoms with Crippen LogP contribution in [0, 0.1) is 6.08 Å². The van der Waals surface area contributed by atoms with E-state index in [4.69, 9.17) is 0 Å². The van der Waals surface area contributed by atoms with Crippen molar-refractivity contribution in [2.45, 2.75) is 13.3 Å². The van der Waals surface area contributed by atoms with Gasteiger partial charge < -0.3 is 0 Å². The van der Waals surface area contributed by atoms with E-state index in [1.807, 2.05) is 6.08 Å². The molecule has 0 aromatic heterocycles. The van der Waals surface area contributed by atoms with Gasteiger partial charge in [-0.05, 0) is 0 Å². The molecule has 0 amide bonds. The summed E-state index contributed by atoms with van der Waals surface area (Å²) in [4.78, 5) is 28.2. The van der Waals surface area contributed by atoms with Crippen LogP contribution in [-0.4, -0.2) is 13.1 Å². The van der Waals surface area contributed by atoms with E-state index in [9.17, 15) is 14.4 Å². The molecule has 3 nitrogen and oxygen atoms in total. The van der Waals surface area contributed by atoms with Crippen molar-refractivity contribution in [2.24, 2.45) is 0 Å². The zero-order valence-corrected chi connectivity index (χ0v) is 10.9. The molecule has 0 aromatic carbocycles. The number of rotatable bonds is 1. The summed E-state index contributed by atoms with van der Waals surface area (Å²) >= 11 is -2.97. The molecule has 0 aromatic rings. The molecule has 0 radical (unpaired) electrons. The van der Waals surface area contributed by atoms with Crippen LogP contribution in [0.2, 0.25) is 0 Å². The van der Waals surface area contributed by atoms with Crippen LogP contribution in [0.4, 0.5) is 0 Å². The third-order valence-corrected chi connectivity index (χ3v) is 3.13. The van der Waals surface area contributed by atoms with Crippen molar-refractivity contribution >= 4 is 13.1 Å². The van der Waals surface area contributed by atoms with Gasteiger partial charge in [0, 0.05) is 0 Å². The average molecular weight is 375 g/mol. The zero-order valence-electron chi connectivity index (χ0n) is 8.17. The molecule has 0 atom stereocenters. The van der Waals surface area contributed by atoms with Crippen molar-refractivity contribution in [1.29, 1.82) is 0 Å². The maximum atomic E-state index is 9.40. The molecule has 0 spiro atoms. The van der Waals surface area contributed by atoms with Gasteiger partial charge in [0.25, 0.3) is 0 Å². The monoisotopic (exact) mass is 376 g/mol. The minimum absolute atomic E-state index is 1.02. The molecule has 15 heavy (non-hydrogen) atoms. The first-order valence-electron chi connectivity index (χ1n) is 3.93. The van der Waals surface area contributed by atoms with Crippen LogP contribution in [0.1, 0.15) is 13.3 Å². The minimum atomic E-state index is -2.97. The summed E-state index contributed by atoms with van der Waals surface area (Å²) < 4.78 is 3.87. The molecule has 0 saturated carbocycles. The summed E-state index contributed by atoms with van der Waals surface area (Å²) in [6, 6.07) is 0. The van der Waals surface area contributed by atoms with Gasteiger partial charge in [-0.2, -0.15) is 36.0 Å². The second-order valence-electron chi connectivity index (χ2n) is 2.46. The molecule has 1 aliphatic carbocycles. The molecular weight excluding hydrogens is 366 g/mol. The van der Waals surface area contributed by atoms with Gasteiger partial charge in [0.15, 0.2) is 0 Å². The molecule has 0 N–H and O–H groups in total. The number of hydrogen-bond acceptors (Lipinski definition) is 3. The molecule has 4 heteroatoms. The van der Waals surface area contributed by atoms with Gasteiger partial charge in [0.2, 0.25) is 0 Å². The Morgan fingerprint density at radius 1 is 1.40 bits per heavy atom. The quantitative estimate of drug-likeness (QED) is 0.644. The van der Waals surface area contributed by atoms with E-state index in [1.54, 1.807) is 0 Å². The maximum absolute atomic E-state index is 9.40. The SMILES string of the molecule is C=CC1=[C-]C(C)=CC1.O=[C]=[Re](=[C]=O)=[C]=O. The Kier molecular flexibility index (Phi) is 7.24. The fraction of sp³-hybridized carbons (Fsp3) is 0.182. The van der Waals surface area contributed by atoms with E-state index in [0.717, 1.165) is 6.42 Å². The molecule has 79 valence electrons. The standard InChI is InChI=1S/C8H9.3CO.Re/c1-3-8-5-4-7(2)6-8;3*1-2;/h3-4H,1,5H2,2H3;;;;/q-1;;;;. The second-order valence-corrected chi connectivity index (χ2v) is 6.16. The van der Waals surface area contributed by atoms with Crippen LogP contribution >= 0.6 is 0 Å². The Morgan fingerprint density at radius 2 is 1.93 bits per heavy atom. The Bertz CT molecular complexity index is 471. The zero-order chi connectivity index (χ0) is 11.7. The molecule has 0 heterocycles. The molecule has 0 bridgehead atoms. The Hall–Kier alpha value is -1.38. The van der Waals surface area contributed by atoms with Crippen LogP contribution in [0.3, 0.4) is 0 Å². The van der Waals surface area contributed by atoms with Gasteiger partial charge in [-0.15, -0.1) is 0 Å². The predicted octanol–water partition coefficient (Wildman–Crippen LogP) is 1.06. The van der Waals surface area contributed by atoms with E-state index < -0.39 is 15.4 Å². The fourth-order valence-electron chi connectivity index (χ4n) is 0.800. The fourth-order valence-corrected chi connectivity index (χ4v) is 1.14. The van der Waals surface area contributed by atoms with E-state index in [1.165, 1.54) is 24.2 Å². The molecular formula is C11H9O3Re-. The van der Waals surface area contributed by atoms with Gasteiger partial charge in [-0.1, -0.05) is 13.3 Å². The summed E-state index contributed by atoms with van der Waals surface area (Å²) in [7, 11) is 0. The number of allylic oxidation sites excluding steroid dienone is 5. The third kappa shape index (κ3) is 5.84. The molecule has 0 unspecified atom stereocenters. The van der Waals surface area contributed by atoms with Crippen LogP contribution in [0.15, 0.2) is 29.9 Å². The van der Waals surface area contributed by atoms with Gasteiger partial charge in [0.1, 0.15) is 0 Å². The Labute approximate surface area is 92.2 Å². The van der Waals surface area contributed by atoms with Crippen molar-refractivity contribution < 1.29 is 29.8 Å². The van der Waals surface area contributed by atoms with Crippen molar-refractivity contribution in [3.63, 3.8) is 0 Å². The summed E-state index contributed by atoms with van der Waals surface area (Å²) in [5.41, 5.74) is 2.45. The van der Waals surface area contributed by atoms with Gasteiger partial charge in [-0.25, -0.2) is 0 Å². The summed E-state index contributed by atoms with van der Waals surface area (Å²) in [6.45, 7) is 5.70. The number of carbonyl (C=O) groups excluding carboxylic acids is 3. The van der Waals surface area contributed by atoms with E-state index in [2.05, 4.69) is 25.7 Å². The molecule has 0 aliphatic heterocycles. The first-order chi connectivity index (χ1) is 7.17. The van der Waals surface area contributed by atoms with Crippen LogP contribution < -0.4 is 0 Å². The predicted molar refractivity (Wildman–Crippen MR) is 52.4 cm³/mol. The van der Waals surface area contributed by atoms with Crippen molar-refractivity contribution in [2.75, 3.05) is 0 Å². The summed E-state index contributed by atoms with van der Waals surface area (Å²) in [5.74, 6) is 0. The van der Waals surface area contributed by atoms with E-state index in [-0.39, 0.29) is 0 Å².